The fourth-order valence-corrected chi connectivity index (χ4v) is 2.47. The molecule has 0 spiro atoms. The maximum absolute atomic E-state index is 6.03. The third-order valence-corrected chi connectivity index (χ3v) is 3.79. The van der Waals surface area contributed by atoms with Gasteiger partial charge in [-0.05, 0) is 37.5 Å². The van der Waals surface area contributed by atoms with Crippen LogP contribution in [0, 0.1) is 12.8 Å². The van der Waals surface area contributed by atoms with Crippen molar-refractivity contribution in [3.05, 3.63) is 29.3 Å². The number of thiazole rings is 1. The van der Waals surface area contributed by atoms with Crippen LogP contribution in [0.15, 0.2) is 24.4 Å². The highest BCUT2D eigenvalue weighted by molar-refractivity contribution is 7.14. The third-order valence-electron chi connectivity index (χ3n) is 2.83. The molecule has 4 heteroatoms. The van der Waals surface area contributed by atoms with E-state index < -0.39 is 0 Å². The van der Waals surface area contributed by atoms with Crippen LogP contribution in [0.3, 0.4) is 0 Å². The Labute approximate surface area is 118 Å². The van der Waals surface area contributed by atoms with E-state index in [1.165, 1.54) is 4.88 Å². The summed E-state index contributed by atoms with van der Waals surface area (Å²) in [7, 11) is 0. The summed E-state index contributed by atoms with van der Waals surface area (Å²) < 4.78 is 5.70. The summed E-state index contributed by atoms with van der Waals surface area (Å²) in [6.07, 6.45) is 2.91. The van der Waals surface area contributed by atoms with E-state index in [-0.39, 0.29) is 0 Å². The molecule has 0 unspecified atom stereocenters. The molecule has 2 rings (SSSR count). The van der Waals surface area contributed by atoms with Crippen LogP contribution >= 0.6 is 11.3 Å². The van der Waals surface area contributed by atoms with E-state index in [4.69, 9.17) is 10.5 Å². The lowest BCUT2D eigenvalue weighted by Gasteiger charge is -2.11. The highest BCUT2D eigenvalue weighted by Crippen LogP contribution is 2.30. The Kier molecular flexibility index (Phi) is 4.43. The summed E-state index contributed by atoms with van der Waals surface area (Å²) in [5.74, 6) is 1.40. The third kappa shape index (κ3) is 3.70. The molecule has 0 fully saturated rings. The summed E-state index contributed by atoms with van der Waals surface area (Å²) in [5.41, 5.74) is 7.76. The van der Waals surface area contributed by atoms with Crippen molar-refractivity contribution in [2.45, 2.75) is 27.2 Å². The number of anilines is 1. The van der Waals surface area contributed by atoms with E-state index in [1.54, 1.807) is 11.3 Å². The lowest BCUT2D eigenvalue weighted by Crippen LogP contribution is -2.03. The zero-order chi connectivity index (χ0) is 13.8. The van der Waals surface area contributed by atoms with Gasteiger partial charge in [-0.25, -0.2) is 4.98 Å². The first-order valence-electron chi connectivity index (χ1n) is 6.51. The van der Waals surface area contributed by atoms with Crippen LogP contribution in [0.2, 0.25) is 0 Å². The number of nitrogens with two attached hydrogens (primary N) is 1. The minimum atomic E-state index is 0.638. The molecule has 0 radical (unpaired) electrons. The molecule has 0 saturated heterocycles. The zero-order valence-corrected chi connectivity index (χ0v) is 12.5. The Morgan fingerprint density at radius 2 is 2.16 bits per heavy atom. The molecule has 1 heterocycles. The highest BCUT2D eigenvalue weighted by atomic mass is 32.1. The van der Waals surface area contributed by atoms with E-state index in [2.05, 4.69) is 18.8 Å². The fourth-order valence-electron chi connectivity index (χ4n) is 1.71. The summed E-state index contributed by atoms with van der Waals surface area (Å²) >= 11 is 1.67. The predicted octanol–water partition coefficient (Wildman–Crippen LogP) is 4.13. The van der Waals surface area contributed by atoms with Gasteiger partial charge in [-0.1, -0.05) is 13.8 Å². The summed E-state index contributed by atoms with van der Waals surface area (Å²) in [6, 6.07) is 5.88. The number of ether oxygens (including phenoxy) is 1. The number of aryl methyl sites for hydroxylation is 1. The predicted molar refractivity (Wildman–Crippen MR) is 81.6 cm³/mol. The van der Waals surface area contributed by atoms with Crippen LogP contribution in [0.1, 0.15) is 25.1 Å². The standard InChI is InChI=1S/C15H20N2OS/c1-10(2)6-7-18-14-5-4-12(8-13(14)16)15-17-9-11(3)19-15/h4-5,8-10H,6-7,16H2,1-3H3. The van der Waals surface area contributed by atoms with Gasteiger partial charge in [0.1, 0.15) is 10.8 Å². The maximum Gasteiger partial charge on any atom is 0.142 e. The fraction of sp³-hybridized carbons (Fsp3) is 0.400. The first-order chi connectivity index (χ1) is 9.06. The van der Waals surface area contributed by atoms with E-state index in [9.17, 15) is 0 Å². The number of benzene rings is 1. The quantitative estimate of drug-likeness (QED) is 0.835. The Hall–Kier alpha value is -1.55. The number of hydrogen-bond acceptors (Lipinski definition) is 4. The summed E-state index contributed by atoms with van der Waals surface area (Å²) in [4.78, 5) is 5.56. The van der Waals surface area contributed by atoms with Gasteiger partial charge in [0.25, 0.3) is 0 Å². The van der Waals surface area contributed by atoms with Gasteiger partial charge in [-0.2, -0.15) is 0 Å². The molecule has 102 valence electrons. The van der Waals surface area contributed by atoms with Crippen molar-refractivity contribution >= 4 is 17.0 Å². The van der Waals surface area contributed by atoms with Gasteiger partial charge in [0.05, 0.1) is 12.3 Å². The van der Waals surface area contributed by atoms with Crippen molar-refractivity contribution in [3.63, 3.8) is 0 Å². The van der Waals surface area contributed by atoms with Gasteiger partial charge in [-0.15, -0.1) is 11.3 Å². The van der Waals surface area contributed by atoms with E-state index >= 15 is 0 Å². The van der Waals surface area contributed by atoms with Crippen molar-refractivity contribution in [3.8, 4) is 16.3 Å². The summed E-state index contributed by atoms with van der Waals surface area (Å²) in [5, 5.41) is 0.998. The van der Waals surface area contributed by atoms with Gasteiger partial charge < -0.3 is 10.5 Å². The van der Waals surface area contributed by atoms with E-state index in [0.717, 1.165) is 22.7 Å². The molecule has 0 aliphatic carbocycles. The lowest BCUT2D eigenvalue weighted by atomic mass is 10.1. The summed E-state index contributed by atoms with van der Waals surface area (Å²) in [6.45, 7) is 7.12. The van der Waals surface area contributed by atoms with Gasteiger partial charge in [0.2, 0.25) is 0 Å². The topological polar surface area (TPSA) is 48.1 Å². The average molecular weight is 276 g/mol. The van der Waals surface area contributed by atoms with Gasteiger partial charge >= 0.3 is 0 Å². The van der Waals surface area contributed by atoms with Gasteiger partial charge in [0.15, 0.2) is 0 Å². The molecule has 1 aromatic heterocycles. The molecule has 0 aliphatic rings. The second-order valence-corrected chi connectivity index (χ2v) is 6.29. The lowest BCUT2D eigenvalue weighted by molar-refractivity contribution is 0.291. The number of rotatable bonds is 5. The minimum absolute atomic E-state index is 0.638. The van der Waals surface area contributed by atoms with E-state index in [0.29, 0.717) is 18.2 Å². The monoisotopic (exact) mass is 276 g/mol. The van der Waals surface area contributed by atoms with Crippen LogP contribution in [0.4, 0.5) is 5.69 Å². The molecule has 19 heavy (non-hydrogen) atoms. The molecule has 0 bridgehead atoms. The Morgan fingerprint density at radius 1 is 1.37 bits per heavy atom. The molecule has 3 nitrogen and oxygen atoms in total. The number of nitrogens with zero attached hydrogens (tertiary/aromatic N) is 1. The largest absolute Gasteiger partial charge is 0.491 e. The van der Waals surface area contributed by atoms with Crippen LogP contribution in [-0.4, -0.2) is 11.6 Å². The number of hydrogen-bond donors (Lipinski definition) is 1. The van der Waals surface area contributed by atoms with Crippen molar-refractivity contribution in [1.82, 2.24) is 4.98 Å². The molecular weight excluding hydrogens is 256 g/mol. The molecule has 0 amide bonds. The Balaban J connectivity index is 2.09. The van der Waals surface area contributed by atoms with Crippen LogP contribution in [0.25, 0.3) is 10.6 Å². The van der Waals surface area contributed by atoms with E-state index in [1.807, 2.05) is 31.3 Å². The molecule has 0 saturated carbocycles. The van der Waals surface area contributed by atoms with Crippen molar-refractivity contribution in [2.24, 2.45) is 5.92 Å². The molecule has 0 aliphatic heterocycles. The first kappa shape index (κ1) is 13.9. The Bertz CT molecular complexity index is 549. The van der Waals surface area contributed by atoms with Crippen LogP contribution in [0.5, 0.6) is 5.75 Å². The highest BCUT2D eigenvalue weighted by Gasteiger charge is 2.07. The Morgan fingerprint density at radius 3 is 2.74 bits per heavy atom. The van der Waals surface area contributed by atoms with Crippen molar-refractivity contribution in [2.75, 3.05) is 12.3 Å². The van der Waals surface area contributed by atoms with Gasteiger partial charge in [-0.3, -0.25) is 0 Å². The average Bonchev–Trinajstić information content (AvgIpc) is 2.77. The van der Waals surface area contributed by atoms with Gasteiger partial charge in [0, 0.05) is 16.6 Å². The maximum atomic E-state index is 6.03. The zero-order valence-electron chi connectivity index (χ0n) is 11.6. The molecular formula is C15H20N2OS. The second kappa shape index (κ2) is 6.06. The molecule has 2 aromatic rings. The number of nitrogen functional groups attached to an aromatic ring is 1. The SMILES string of the molecule is Cc1cnc(-c2ccc(OCCC(C)C)c(N)c2)s1. The second-order valence-electron chi connectivity index (χ2n) is 5.06. The van der Waals surface area contributed by atoms with Crippen LogP contribution < -0.4 is 10.5 Å². The van der Waals surface area contributed by atoms with Crippen LogP contribution in [-0.2, 0) is 0 Å². The smallest absolute Gasteiger partial charge is 0.142 e. The minimum Gasteiger partial charge on any atom is -0.491 e. The van der Waals surface area contributed by atoms with Crippen molar-refractivity contribution < 1.29 is 4.74 Å². The number of aromatic nitrogens is 1. The van der Waals surface area contributed by atoms with Crippen molar-refractivity contribution in [1.29, 1.82) is 0 Å². The molecule has 1 aromatic carbocycles. The molecule has 0 atom stereocenters. The molecule has 2 N–H and O–H groups in total. The first-order valence-corrected chi connectivity index (χ1v) is 7.33. The normalized spacial score (nSPS) is 10.9.